The number of carbonyl (C=O) groups excluding carboxylic acids is 1. The molecule has 1 atom stereocenters. The van der Waals surface area contributed by atoms with E-state index in [-0.39, 0.29) is 5.91 Å². The first-order chi connectivity index (χ1) is 11.7. The van der Waals surface area contributed by atoms with Gasteiger partial charge in [-0.15, -0.1) is 0 Å². The molecular formula is C20H21ClN2O. The number of hydrogen-bond acceptors (Lipinski definition) is 2. The number of benzene rings is 2. The van der Waals surface area contributed by atoms with Crippen molar-refractivity contribution < 1.29 is 4.79 Å². The van der Waals surface area contributed by atoms with Crippen molar-refractivity contribution in [2.75, 3.05) is 26.2 Å². The van der Waals surface area contributed by atoms with Gasteiger partial charge in [0.1, 0.15) is 0 Å². The van der Waals surface area contributed by atoms with Crippen LogP contribution in [0, 0.1) is 0 Å². The molecule has 1 unspecified atom stereocenters. The number of carbonyl (C=O) groups is 1. The lowest BCUT2D eigenvalue weighted by Gasteiger charge is -2.45. The molecule has 2 aromatic carbocycles. The molecular weight excluding hydrogens is 320 g/mol. The number of halogens is 1. The fourth-order valence-corrected chi connectivity index (χ4v) is 3.98. The molecule has 24 heavy (non-hydrogen) atoms. The Morgan fingerprint density at radius 3 is 2.67 bits per heavy atom. The highest BCUT2D eigenvalue weighted by molar-refractivity contribution is 6.30. The Hall–Kier alpha value is -1.84. The molecule has 0 radical (unpaired) electrons. The van der Waals surface area contributed by atoms with Crippen LogP contribution in [0.1, 0.15) is 22.7 Å². The van der Waals surface area contributed by atoms with Crippen molar-refractivity contribution in [2.24, 2.45) is 0 Å². The van der Waals surface area contributed by atoms with E-state index in [2.05, 4.69) is 29.2 Å². The van der Waals surface area contributed by atoms with E-state index in [1.165, 1.54) is 11.1 Å². The molecule has 0 N–H and O–H groups in total. The van der Waals surface area contributed by atoms with Crippen LogP contribution in [0.4, 0.5) is 0 Å². The molecule has 2 aliphatic heterocycles. The van der Waals surface area contributed by atoms with Gasteiger partial charge in [0.2, 0.25) is 5.91 Å². The van der Waals surface area contributed by atoms with Gasteiger partial charge in [0.25, 0.3) is 0 Å². The molecule has 0 aliphatic carbocycles. The van der Waals surface area contributed by atoms with Crippen molar-refractivity contribution in [2.45, 2.75) is 18.9 Å². The van der Waals surface area contributed by atoms with Crippen LogP contribution in [-0.4, -0.2) is 41.9 Å². The van der Waals surface area contributed by atoms with Crippen molar-refractivity contribution in [3.8, 4) is 0 Å². The second kappa shape index (κ2) is 6.58. The van der Waals surface area contributed by atoms with E-state index >= 15 is 0 Å². The van der Waals surface area contributed by atoms with Gasteiger partial charge in [0.05, 0.1) is 12.5 Å². The van der Waals surface area contributed by atoms with E-state index in [0.29, 0.717) is 17.5 Å². The molecule has 0 spiro atoms. The van der Waals surface area contributed by atoms with E-state index < -0.39 is 0 Å². The summed E-state index contributed by atoms with van der Waals surface area (Å²) in [5.41, 5.74) is 3.86. The van der Waals surface area contributed by atoms with Gasteiger partial charge in [-0.1, -0.05) is 48.0 Å². The molecule has 4 rings (SSSR count). The summed E-state index contributed by atoms with van der Waals surface area (Å²) in [6.07, 6.45) is 1.57. The third-order valence-electron chi connectivity index (χ3n) is 5.19. The van der Waals surface area contributed by atoms with Crippen LogP contribution in [0.15, 0.2) is 48.5 Å². The fourth-order valence-electron chi connectivity index (χ4n) is 3.85. The van der Waals surface area contributed by atoms with E-state index in [1.807, 2.05) is 29.2 Å². The predicted octanol–water partition coefficient (Wildman–Crippen LogP) is 3.32. The predicted molar refractivity (Wildman–Crippen MR) is 96.2 cm³/mol. The van der Waals surface area contributed by atoms with Gasteiger partial charge in [0.15, 0.2) is 0 Å². The molecule has 0 bridgehead atoms. The lowest BCUT2D eigenvalue weighted by molar-refractivity contribution is -0.133. The molecule has 1 fully saturated rings. The minimum atomic E-state index is 0.208. The van der Waals surface area contributed by atoms with Crippen molar-refractivity contribution >= 4 is 17.5 Å². The van der Waals surface area contributed by atoms with E-state index in [1.54, 1.807) is 0 Å². The lowest BCUT2D eigenvalue weighted by atomic mass is 9.91. The van der Waals surface area contributed by atoms with E-state index in [9.17, 15) is 4.79 Å². The standard InChI is InChI=1S/C20H21ClN2O/c21-17-7-5-15(6-8-17)13-20(24)23-12-11-22-10-9-16-3-1-2-4-18(16)19(22)14-23/h1-8,19H,9-14H2. The Kier molecular flexibility index (Phi) is 4.30. The molecule has 2 aliphatic rings. The molecule has 2 aromatic rings. The number of piperazine rings is 1. The molecule has 124 valence electrons. The SMILES string of the molecule is O=C(Cc1ccc(Cl)cc1)N1CCN2CCc3ccccc3C2C1. The van der Waals surface area contributed by atoms with Crippen molar-refractivity contribution in [1.29, 1.82) is 0 Å². The van der Waals surface area contributed by atoms with E-state index in [0.717, 1.165) is 38.2 Å². The Labute approximate surface area is 147 Å². The van der Waals surface area contributed by atoms with Crippen molar-refractivity contribution in [3.63, 3.8) is 0 Å². The number of hydrogen-bond donors (Lipinski definition) is 0. The number of amides is 1. The molecule has 4 heteroatoms. The second-order valence-electron chi connectivity index (χ2n) is 6.64. The number of rotatable bonds is 2. The van der Waals surface area contributed by atoms with Crippen molar-refractivity contribution in [3.05, 3.63) is 70.2 Å². The first-order valence-corrected chi connectivity index (χ1v) is 8.92. The topological polar surface area (TPSA) is 23.6 Å². The van der Waals surface area contributed by atoms with Gasteiger partial charge in [-0.25, -0.2) is 0 Å². The number of nitrogens with zero attached hydrogens (tertiary/aromatic N) is 2. The molecule has 2 heterocycles. The van der Waals surface area contributed by atoms with Crippen LogP contribution in [0.5, 0.6) is 0 Å². The summed E-state index contributed by atoms with van der Waals surface area (Å²) in [5, 5.41) is 0.707. The maximum absolute atomic E-state index is 12.7. The highest BCUT2D eigenvalue weighted by Gasteiger charge is 2.33. The van der Waals surface area contributed by atoms with Crippen LogP contribution in [0.25, 0.3) is 0 Å². The van der Waals surface area contributed by atoms with Gasteiger partial charge in [-0.3, -0.25) is 9.69 Å². The summed E-state index contributed by atoms with van der Waals surface area (Å²) >= 11 is 5.92. The maximum Gasteiger partial charge on any atom is 0.227 e. The van der Waals surface area contributed by atoms with Crippen LogP contribution < -0.4 is 0 Å². The minimum Gasteiger partial charge on any atom is -0.339 e. The summed E-state index contributed by atoms with van der Waals surface area (Å²) in [7, 11) is 0. The molecule has 3 nitrogen and oxygen atoms in total. The third-order valence-corrected chi connectivity index (χ3v) is 5.45. The lowest BCUT2D eigenvalue weighted by Crippen LogP contribution is -2.52. The average molecular weight is 341 g/mol. The molecule has 1 amide bonds. The minimum absolute atomic E-state index is 0.208. The molecule has 0 aromatic heterocycles. The first kappa shape index (κ1) is 15.7. The zero-order valence-corrected chi connectivity index (χ0v) is 14.4. The Balaban J connectivity index is 1.48. The molecule has 0 saturated carbocycles. The van der Waals surface area contributed by atoms with Gasteiger partial charge in [-0.05, 0) is 35.2 Å². The highest BCUT2D eigenvalue weighted by Crippen LogP contribution is 2.32. The van der Waals surface area contributed by atoms with Gasteiger partial charge in [0, 0.05) is 31.2 Å². The van der Waals surface area contributed by atoms with Gasteiger partial charge in [-0.2, -0.15) is 0 Å². The molecule has 1 saturated heterocycles. The zero-order valence-electron chi connectivity index (χ0n) is 13.6. The quantitative estimate of drug-likeness (QED) is 0.837. The Morgan fingerprint density at radius 1 is 1.04 bits per heavy atom. The maximum atomic E-state index is 12.7. The first-order valence-electron chi connectivity index (χ1n) is 8.55. The summed E-state index contributed by atoms with van der Waals surface area (Å²) in [5.74, 6) is 0.208. The second-order valence-corrected chi connectivity index (χ2v) is 7.08. The van der Waals surface area contributed by atoms with Crippen molar-refractivity contribution in [1.82, 2.24) is 9.80 Å². The van der Waals surface area contributed by atoms with Crippen LogP contribution >= 0.6 is 11.6 Å². The normalized spacial score (nSPS) is 20.4. The largest absolute Gasteiger partial charge is 0.339 e. The average Bonchev–Trinajstić information content (AvgIpc) is 2.63. The fraction of sp³-hybridized carbons (Fsp3) is 0.350. The summed E-state index contributed by atoms with van der Waals surface area (Å²) in [6, 6.07) is 16.6. The van der Waals surface area contributed by atoms with Crippen LogP contribution in [0.3, 0.4) is 0 Å². The zero-order chi connectivity index (χ0) is 16.5. The van der Waals surface area contributed by atoms with Crippen LogP contribution in [0.2, 0.25) is 5.02 Å². The summed E-state index contributed by atoms with van der Waals surface area (Å²) in [6.45, 7) is 3.68. The Bertz CT molecular complexity index is 744. The summed E-state index contributed by atoms with van der Waals surface area (Å²) < 4.78 is 0. The van der Waals surface area contributed by atoms with Gasteiger partial charge < -0.3 is 4.90 Å². The monoisotopic (exact) mass is 340 g/mol. The van der Waals surface area contributed by atoms with E-state index in [4.69, 9.17) is 11.6 Å². The Morgan fingerprint density at radius 2 is 1.83 bits per heavy atom. The number of fused-ring (bicyclic) bond motifs is 3. The van der Waals surface area contributed by atoms with Crippen LogP contribution in [-0.2, 0) is 17.6 Å². The van der Waals surface area contributed by atoms with Gasteiger partial charge >= 0.3 is 0 Å². The third kappa shape index (κ3) is 3.06. The summed E-state index contributed by atoms with van der Waals surface area (Å²) in [4.78, 5) is 17.3. The smallest absolute Gasteiger partial charge is 0.227 e. The highest BCUT2D eigenvalue weighted by atomic mass is 35.5.